The van der Waals surface area contributed by atoms with E-state index in [9.17, 15) is 9.59 Å². The predicted octanol–water partition coefficient (Wildman–Crippen LogP) is 3.62. The van der Waals surface area contributed by atoms with Crippen LogP contribution in [-0.2, 0) is 11.2 Å². The van der Waals surface area contributed by atoms with Crippen molar-refractivity contribution in [3.63, 3.8) is 0 Å². The number of nitrogens with one attached hydrogen (secondary N) is 1. The number of hydrogen-bond acceptors (Lipinski definition) is 4. The van der Waals surface area contributed by atoms with Crippen molar-refractivity contribution in [3.05, 3.63) is 102 Å². The van der Waals surface area contributed by atoms with E-state index in [2.05, 4.69) is 16.4 Å². The molecule has 3 aromatic heterocycles. The van der Waals surface area contributed by atoms with Crippen molar-refractivity contribution in [2.24, 2.45) is 0 Å². The van der Waals surface area contributed by atoms with Crippen molar-refractivity contribution in [2.45, 2.75) is 6.42 Å². The van der Waals surface area contributed by atoms with E-state index in [1.807, 2.05) is 40.9 Å². The highest BCUT2D eigenvalue weighted by molar-refractivity contribution is 6.47. The normalized spacial score (nSPS) is 10.4. The molecule has 4 aromatic rings. The molecular formula is C23H16N4O2. The minimum absolute atomic E-state index is 0.326. The Morgan fingerprint density at radius 3 is 2.55 bits per heavy atom. The summed E-state index contributed by atoms with van der Waals surface area (Å²) >= 11 is 0. The third kappa shape index (κ3) is 3.75. The summed E-state index contributed by atoms with van der Waals surface area (Å²) in [5.41, 5.74) is 3.47. The van der Waals surface area contributed by atoms with Crippen LogP contribution in [0.1, 0.15) is 27.2 Å². The van der Waals surface area contributed by atoms with Crippen LogP contribution in [0.15, 0.2) is 79.1 Å². The first-order valence-electron chi connectivity index (χ1n) is 9.00. The minimum atomic E-state index is -0.732. The molecule has 4 rings (SSSR count). The van der Waals surface area contributed by atoms with Crippen LogP contribution in [0.3, 0.4) is 0 Å². The summed E-state index contributed by atoms with van der Waals surface area (Å²) in [6.07, 6.45) is 3.97. The lowest BCUT2D eigenvalue weighted by Gasteiger charge is -2.03. The summed E-state index contributed by atoms with van der Waals surface area (Å²) in [5, 5.41) is 11.5. The molecule has 0 atom stereocenters. The number of hydrogen-bond donors (Lipinski definition) is 1. The standard InChI is InChI=1S/C23H16N4O2/c24-15-17-9-7-16(8-10-17)13-18-14-19(20-5-2-4-12-27(18)20)22(28)23(29)26-21-6-1-3-11-25-21/h1-12,14H,13H2,(H,25,26,29). The molecule has 0 aliphatic rings. The van der Waals surface area contributed by atoms with Crippen molar-refractivity contribution in [1.82, 2.24) is 9.38 Å². The number of rotatable bonds is 5. The summed E-state index contributed by atoms with van der Waals surface area (Å²) in [7, 11) is 0. The molecule has 1 N–H and O–H groups in total. The fourth-order valence-electron chi connectivity index (χ4n) is 3.18. The third-order valence-corrected chi connectivity index (χ3v) is 4.58. The molecule has 0 saturated heterocycles. The van der Waals surface area contributed by atoms with Crippen LogP contribution >= 0.6 is 0 Å². The van der Waals surface area contributed by atoms with Crippen molar-refractivity contribution >= 4 is 23.0 Å². The Bertz CT molecular complexity index is 1240. The van der Waals surface area contributed by atoms with E-state index < -0.39 is 11.7 Å². The first-order chi connectivity index (χ1) is 14.2. The number of amides is 1. The Morgan fingerprint density at radius 1 is 1.03 bits per heavy atom. The number of carbonyl (C=O) groups is 2. The number of Topliss-reactive ketones (excluding diaryl/α,β-unsaturated/α-hetero) is 1. The van der Waals surface area contributed by atoms with Gasteiger partial charge in [0.25, 0.3) is 11.7 Å². The number of anilines is 1. The number of benzene rings is 1. The quantitative estimate of drug-likeness (QED) is 0.423. The molecule has 0 aliphatic heterocycles. The fraction of sp³-hybridized carbons (Fsp3) is 0.0435. The second-order valence-electron chi connectivity index (χ2n) is 6.49. The van der Waals surface area contributed by atoms with Gasteiger partial charge in [0.15, 0.2) is 0 Å². The van der Waals surface area contributed by atoms with E-state index in [-0.39, 0.29) is 0 Å². The minimum Gasteiger partial charge on any atom is -0.320 e. The van der Waals surface area contributed by atoms with Crippen LogP contribution in [0.25, 0.3) is 5.52 Å². The topological polar surface area (TPSA) is 87.3 Å². The molecule has 6 nitrogen and oxygen atoms in total. The zero-order valence-electron chi connectivity index (χ0n) is 15.4. The Kier molecular flexibility index (Phi) is 4.87. The molecule has 29 heavy (non-hydrogen) atoms. The monoisotopic (exact) mass is 380 g/mol. The van der Waals surface area contributed by atoms with E-state index in [4.69, 9.17) is 5.26 Å². The SMILES string of the molecule is N#Cc1ccc(Cc2cc(C(=O)C(=O)Nc3ccccn3)c3ccccn23)cc1. The summed E-state index contributed by atoms with van der Waals surface area (Å²) in [6.45, 7) is 0. The lowest BCUT2D eigenvalue weighted by molar-refractivity contribution is -0.112. The molecule has 0 fully saturated rings. The number of carbonyl (C=O) groups excluding carboxylic acids is 2. The molecule has 0 aliphatic carbocycles. The van der Waals surface area contributed by atoms with E-state index in [0.717, 1.165) is 11.3 Å². The van der Waals surface area contributed by atoms with Gasteiger partial charge in [-0.25, -0.2) is 4.98 Å². The molecule has 140 valence electrons. The molecule has 0 radical (unpaired) electrons. The largest absolute Gasteiger partial charge is 0.320 e. The first kappa shape index (κ1) is 18.1. The van der Waals surface area contributed by atoms with Crippen LogP contribution in [0.4, 0.5) is 5.82 Å². The fourth-order valence-corrected chi connectivity index (χ4v) is 3.18. The maximum Gasteiger partial charge on any atom is 0.298 e. The smallest absolute Gasteiger partial charge is 0.298 e. The molecule has 0 unspecified atom stereocenters. The van der Waals surface area contributed by atoms with E-state index in [1.54, 1.807) is 42.6 Å². The van der Waals surface area contributed by atoms with Gasteiger partial charge in [0.05, 0.1) is 22.7 Å². The van der Waals surface area contributed by atoms with Gasteiger partial charge in [-0.3, -0.25) is 9.59 Å². The average molecular weight is 380 g/mol. The Labute approximate surface area is 167 Å². The van der Waals surface area contributed by atoms with Crippen LogP contribution in [0.2, 0.25) is 0 Å². The van der Waals surface area contributed by atoms with E-state index in [0.29, 0.717) is 28.9 Å². The van der Waals surface area contributed by atoms with Crippen molar-refractivity contribution in [2.75, 3.05) is 5.32 Å². The number of nitriles is 1. The van der Waals surface area contributed by atoms with Gasteiger partial charge in [-0.2, -0.15) is 5.26 Å². The van der Waals surface area contributed by atoms with Crippen molar-refractivity contribution in [1.29, 1.82) is 5.26 Å². The van der Waals surface area contributed by atoms with E-state index >= 15 is 0 Å². The zero-order chi connectivity index (χ0) is 20.2. The highest BCUT2D eigenvalue weighted by Gasteiger charge is 2.22. The average Bonchev–Trinajstić information content (AvgIpc) is 3.13. The molecule has 1 amide bonds. The maximum atomic E-state index is 12.8. The molecular weight excluding hydrogens is 364 g/mol. The van der Waals surface area contributed by atoms with Crippen LogP contribution in [-0.4, -0.2) is 21.1 Å². The number of ketones is 1. The molecule has 1 aromatic carbocycles. The number of nitrogens with zero attached hydrogens (tertiary/aromatic N) is 3. The lowest BCUT2D eigenvalue weighted by Crippen LogP contribution is -2.23. The maximum absolute atomic E-state index is 12.8. The number of fused-ring (bicyclic) bond motifs is 1. The molecule has 0 bridgehead atoms. The number of pyridine rings is 2. The first-order valence-corrected chi connectivity index (χ1v) is 9.00. The molecule has 6 heteroatoms. The molecule has 3 heterocycles. The Hall–Kier alpha value is -4.24. The van der Waals surface area contributed by atoms with Crippen molar-refractivity contribution < 1.29 is 9.59 Å². The summed E-state index contributed by atoms with van der Waals surface area (Å²) in [5.74, 6) is -1.03. The predicted molar refractivity (Wildman–Crippen MR) is 109 cm³/mol. The summed E-state index contributed by atoms with van der Waals surface area (Å²) < 4.78 is 1.90. The van der Waals surface area contributed by atoms with Gasteiger partial charge < -0.3 is 9.72 Å². The van der Waals surface area contributed by atoms with Crippen LogP contribution < -0.4 is 5.32 Å². The van der Waals surface area contributed by atoms with Crippen LogP contribution in [0.5, 0.6) is 0 Å². The Morgan fingerprint density at radius 2 is 1.83 bits per heavy atom. The highest BCUT2D eigenvalue weighted by Crippen LogP contribution is 2.21. The van der Waals surface area contributed by atoms with Gasteiger partial charge in [0, 0.05) is 24.5 Å². The van der Waals surface area contributed by atoms with Gasteiger partial charge in [-0.15, -0.1) is 0 Å². The zero-order valence-corrected chi connectivity index (χ0v) is 15.4. The summed E-state index contributed by atoms with van der Waals surface area (Å²) in [4.78, 5) is 29.3. The molecule has 0 spiro atoms. The van der Waals surface area contributed by atoms with Gasteiger partial charge in [0.2, 0.25) is 0 Å². The van der Waals surface area contributed by atoms with Gasteiger partial charge in [-0.1, -0.05) is 24.3 Å². The Balaban J connectivity index is 1.65. The highest BCUT2D eigenvalue weighted by atomic mass is 16.2. The number of aromatic nitrogens is 2. The molecule has 0 saturated carbocycles. The van der Waals surface area contributed by atoms with Gasteiger partial charge >= 0.3 is 0 Å². The third-order valence-electron chi connectivity index (χ3n) is 4.58. The second-order valence-corrected chi connectivity index (χ2v) is 6.49. The van der Waals surface area contributed by atoms with Crippen molar-refractivity contribution in [3.8, 4) is 6.07 Å². The van der Waals surface area contributed by atoms with Gasteiger partial charge in [0.1, 0.15) is 5.82 Å². The van der Waals surface area contributed by atoms with E-state index in [1.165, 1.54) is 0 Å². The van der Waals surface area contributed by atoms with Gasteiger partial charge in [-0.05, 0) is 48.0 Å². The second kappa shape index (κ2) is 7.79. The summed E-state index contributed by atoms with van der Waals surface area (Å²) in [6, 6.07) is 21.7. The lowest BCUT2D eigenvalue weighted by atomic mass is 10.1. The van der Waals surface area contributed by atoms with Crippen LogP contribution in [0, 0.1) is 11.3 Å².